The molecule has 3 aromatic rings. The first kappa shape index (κ1) is 27.0. The van der Waals surface area contributed by atoms with Crippen molar-refractivity contribution in [3.63, 3.8) is 0 Å². The molecule has 1 aliphatic carbocycles. The van der Waals surface area contributed by atoms with Gasteiger partial charge in [0.2, 0.25) is 0 Å². The van der Waals surface area contributed by atoms with Gasteiger partial charge in [-0.25, -0.2) is 0 Å². The first-order chi connectivity index (χ1) is 18.6. The number of aldehydes is 1. The molecule has 2 aliphatic rings. The van der Waals surface area contributed by atoms with E-state index in [0.717, 1.165) is 36.0 Å². The molecule has 8 heteroatoms. The highest BCUT2D eigenvalue weighted by molar-refractivity contribution is 6.37. The Morgan fingerprint density at radius 3 is 2.69 bits per heavy atom. The van der Waals surface area contributed by atoms with Crippen molar-refractivity contribution in [3.05, 3.63) is 74.9 Å². The SMILES string of the molecule is COC1=CC(c2ccc3c(-c4ccc5c(c4Cl)NCCO5)c([C@H](C=O)OC(C)(C)C)n(C)c(=O)c3c2)=CCC1. The smallest absolute Gasteiger partial charge is 0.258 e. The Hall–Kier alpha value is -3.55. The predicted octanol–water partition coefficient (Wildman–Crippen LogP) is 6.43. The number of pyridine rings is 1. The largest absolute Gasteiger partial charge is 0.501 e. The number of carbonyl (C=O) groups is 1. The quantitative estimate of drug-likeness (QED) is 0.358. The maximum atomic E-state index is 13.9. The van der Waals surface area contributed by atoms with Gasteiger partial charge in [0.1, 0.15) is 12.4 Å². The Morgan fingerprint density at radius 1 is 1.18 bits per heavy atom. The number of hydrogen-bond acceptors (Lipinski definition) is 6. The molecule has 1 atom stereocenters. The van der Waals surface area contributed by atoms with Crippen molar-refractivity contribution in [2.45, 2.75) is 45.3 Å². The van der Waals surface area contributed by atoms with Crippen LogP contribution in [0.15, 0.2) is 53.0 Å². The molecule has 1 N–H and O–H groups in total. The summed E-state index contributed by atoms with van der Waals surface area (Å²) in [6, 6.07) is 9.56. The molecular formula is C31H33ClN2O5. The van der Waals surface area contributed by atoms with E-state index >= 15 is 0 Å². The molecule has 7 nitrogen and oxygen atoms in total. The lowest BCUT2D eigenvalue weighted by atomic mass is 9.91. The number of nitrogens with one attached hydrogen (secondary N) is 1. The fourth-order valence-corrected chi connectivity index (χ4v) is 5.59. The highest BCUT2D eigenvalue weighted by Gasteiger charge is 2.30. The molecule has 0 saturated heterocycles. The van der Waals surface area contributed by atoms with Gasteiger partial charge in [0.25, 0.3) is 5.56 Å². The van der Waals surface area contributed by atoms with E-state index in [9.17, 15) is 9.59 Å². The average molecular weight is 549 g/mol. The fourth-order valence-electron chi connectivity index (χ4n) is 5.27. The molecule has 0 spiro atoms. The van der Waals surface area contributed by atoms with Gasteiger partial charge >= 0.3 is 0 Å². The molecule has 1 aromatic heterocycles. The van der Waals surface area contributed by atoms with E-state index in [-0.39, 0.29) is 5.56 Å². The first-order valence-corrected chi connectivity index (χ1v) is 13.4. The molecule has 0 radical (unpaired) electrons. The predicted molar refractivity (Wildman–Crippen MR) is 156 cm³/mol. The van der Waals surface area contributed by atoms with E-state index in [2.05, 4.69) is 11.4 Å². The summed E-state index contributed by atoms with van der Waals surface area (Å²) in [6.07, 6.45) is 5.61. The Labute approximate surface area is 233 Å². The highest BCUT2D eigenvalue weighted by Crippen LogP contribution is 2.45. The minimum atomic E-state index is -0.994. The minimum absolute atomic E-state index is 0.224. The van der Waals surface area contributed by atoms with Crippen LogP contribution >= 0.6 is 11.6 Å². The van der Waals surface area contributed by atoms with Gasteiger partial charge in [-0.05, 0) is 68.0 Å². The van der Waals surface area contributed by atoms with Crippen molar-refractivity contribution < 1.29 is 19.0 Å². The summed E-state index contributed by atoms with van der Waals surface area (Å²) in [5.74, 6) is 1.57. The second kappa shape index (κ2) is 10.5. The number of halogens is 1. The third-order valence-electron chi connectivity index (χ3n) is 7.02. The summed E-state index contributed by atoms with van der Waals surface area (Å²) < 4.78 is 19.0. The maximum Gasteiger partial charge on any atom is 0.258 e. The first-order valence-electron chi connectivity index (χ1n) is 13.1. The Morgan fingerprint density at radius 2 is 1.97 bits per heavy atom. The maximum absolute atomic E-state index is 13.9. The van der Waals surface area contributed by atoms with Crippen LogP contribution < -0.4 is 15.6 Å². The lowest BCUT2D eigenvalue weighted by Gasteiger charge is -2.29. The molecular weight excluding hydrogens is 516 g/mol. The van der Waals surface area contributed by atoms with Crippen LogP contribution in [0, 0.1) is 0 Å². The molecule has 0 unspecified atom stereocenters. The van der Waals surface area contributed by atoms with Crippen LogP contribution in [0.4, 0.5) is 5.69 Å². The molecule has 1 aliphatic heterocycles. The van der Waals surface area contributed by atoms with Crippen molar-refractivity contribution in [3.8, 4) is 16.9 Å². The number of ether oxygens (including phenoxy) is 3. The molecule has 39 heavy (non-hydrogen) atoms. The van der Waals surface area contributed by atoms with Crippen molar-refractivity contribution in [2.75, 3.05) is 25.6 Å². The van der Waals surface area contributed by atoms with Gasteiger partial charge in [-0.15, -0.1) is 0 Å². The van der Waals surface area contributed by atoms with Crippen molar-refractivity contribution in [1.82, 2.24) is 4.57 Å². The average Bonchev–Trinajstić information content (AvgIpc) is 2.93. The molecule has 0 amide bonds. The zero-order valence-electron chi connectivity index (χ0n) is 22.9. The summed E-state index contributed by atoms with van der Waals surface area (Å²) >= 11 is 7.00. The number of rotatable bonds is 6. The van der Waals surface area contributed by atoms with Crippen molar-refractivity contribution in [2.24, 2.45) is 7.05 Å². The standard InChI is InChI=1S/C31H33ClN2O5/c1-31(2,3)39-25(17-35)29-26(22-11-12-24-28(27(22)32)33-13-14-38-24)21-10-9-19(16-23(21)30(36)34(29)4)18-7-6-8-20(15-18)37-5/h7,9-12,15-17,25,33H,6,8,13-14H2,1-5H3/t25-/m0/s1. The number of benzene rings is 2. The molecule has 0 bridgehead atoms. The van der Waals surface area contributed by atoms with Gasteiger partial charge in [0.15, 0.2) is 12.4 Å². The zero-order chi connectivity index (χ0) is 27.9. The number of allylic oxidation sites excluding steroid dienone is 4. The summed E-state index contributed by atoms with van der Waals surface area (Å²) in [7, 11) is 3.34. The molecule has 2 aromatic carbocycles. The van der Waals surface area contributed by atoms with E-state index in [0.29, 0.717) is 57.2 Å². The molecule has 0 fully saturated rings. The number of fused-ring (bicyclic) bond motifs is 2. The fraction of sp³-hybridized carbons (Fsp3) is 0.355. The Balaban J connectivity index is 1.82. The van der Waals surface area contributed by atoms with E-state index in [1.165, 1.54) is 4.57 Å². The Kier molecular flexibility index (Phi) is 7.31. The van der Waals surface area contributed by atoms with E-state index < -0.39 is 11.7 Å². The van der Waals surface area contributed by atoms with E-state index in [4.69, 9.17) is 25.8 Å². The third kappa shape index (κ3) is 5.09. The molecule has 204 valence electrons. The van der Waals surface area contributed by atoms with Crippen molar-refractivity contribution in [1.29, 1.82) is 0 Å². The van der Waals surface area contributed by atoms with Gasteiger partial charge in [-0.3, -0.25) is 4.79 Å². The number of nitrogens with zero attached hydrogens (tertiary/aromatic N) is 1. The topological polar surface area (TPSA) is 78.8 Å². The zero-order valence-corrected chi connectivity index (χ0v) is 23.6. The molecule has 0 saturated carbocycles. The Bertz CT molecular complexity index is 1580. The van der Waals surface area contributed by atoms with E-state index in [1.54, 1.807) is 14.2 Å². The third-order valence-corrected chi connectivity index (χ3v) is 7.41. The summed E-state index contributed by atoms with van der Waals surface area (Å²) in [6.45, 7) is 6.79. The van der Waals surface area contributed by atoms with Crippen LogP contribution in [-0.2, 0) is 21.3 Å². The van der Waals surface area contributed by atoms with Crippen molar-refractivity contribution >= 4 is 39.9 Å². The van der Waals surface area contributed by atoms with Crippen LogP contribution in [0.1, 0.15) is 51.0 Å². The number of hydrogen-bond donors (Lipinski definition) is 1. The number of anilines is 1. The minimum Gasteiger partial charge on any atom is -0.501 e. The second-order valence-corrected chi connectivity index (χ2v) is 11.1. The number of methoxy groups -OCH3 is 1. The highest BCUT2D eigenvalue weighted by atomic mass is 35.5. The lowest BCUT2D eigenvalue weighted by Crippen LogP contribution is -2.30. The van der Waals surface area contributed by atoms with Crippen LogP contribution in [-0.4, -0.2) is 36.7 Å². The van der Waals surface area contributed by atoms with Gasteiger partial charge in [0, 0.05) is 36.5 Å². The normalized spacial score (nSPS) is 15.9. The summed E-state index contributed by atoms with van der Waals surface area (Å²) in [4.78, 5) is 26.3. The van der Waals surface area contributed by atoms with Crippen LogP contribution in [0.5, 0.6) is 5.75 Å². The monoisotopic (exact) mass is 548 g/mol. The van der Waals surface area contributed by atoms with Crippen LogP contribution in [0.3, 0.4) is 0 Å². The van der Waals surface area contributed by atoms with Gasteiger partial charge in [0.05, 0.1) is 34.9 Å². The van der Waals surface area contributed by atoms with Gasteiger partial charge in [-0.1, -0.05) is 29.8 Å². The van der Waals surface area contributed by atoms with Gasteiger partial charge < -0.3 is 28.9 Å². The number of carbonyl (C=O) groups excluding carboxylic acids is 1. The van der Waals surface area contributed by atoms with Gasteiger partial charge in [-0.2, -0.15) is 0 Å². The second-order valence-electron chi connectivity index (χ2n) is 10.8. The van der Waals surface area contributed by atoms with Crippen LogP contribution in [0.2, 0.25) is 5.02 Å². The number of aromatic nitrogens is 1. The summed E-state index contributed by atoms with van der Waals surface area (Å²) in [5.41, 5.74) is 3.55. The molecule has 5 rings (SSSR count). The van der Waals surface area contributed by atoms with Crippen LogP contribution in [0.25, 0.3) is 27.5 Å². The van der Waals surface area contributed by atoms with E-state index in [1.807, 2.05) is 57.2 Å². The summed E-state index contributed by atoms with van der Waals surface area (Å²) in [5, 5.41) is 4.99. The lowest BCUT2D eigenvalue weighted by molar-refractivity contribution is -0.129. The molecule has 2 heterocycles.